The molecule has 2 aromatic rings. The second-order valence-electron chi connectivity index (χ2n) is 4.86. The van der Waals surface area contributed by atoms with Crippen LogP contribution in [0.2, 0.25) is 6.32 Å². The minimum absolute atomic E-state index is 0.403. The van der Waals surface area contributed by atoms with Gasteiger partial charge in [-0.2, -0.15) is 0 Å². The van der Waals surface area contributed by atoms with Crippen molar-refractivity contribution in [1.82, 2.24) is 8.96 Å². The molecule has 0 saturated carbocycles. The Hall–Kier alpha value is -1.38. The van der Waals surface area contributed by atoms with Crippen LogP contribution in [0.4, 0.5) is 0 Å². The maximum absolute atomic E-state index is 2.43. The van der Waals surface area contributed by atoms with E-state index in [2.05, 4.69) is 67.8 Å². The summed E-state index contributed by atoms with van der Waals surface area (Å²) in [6.07, 6.45) is 1.10. The first-order chi connectivity index (χ1) is 8.06. The number of aromatic nitrogens is 2. The van der Waals surface area contributed by atoms with E-state index in [9.17, 15) is 0 Å². The van der Waals surface area contributed by atoms with Crippen LogP contribution >= 0.6 is 0 Å². The van der Waals surface area contributed by atoms with E-state index < -0.39 is 0 Å². The molecular formula is C14H21BN2. The lowest BCUT2D eigenvalue weighted by Crippen LogP contribution is -2.35. The van der Waals surface area contributed by atoms with Crippen LogP contribution < -0.4 is 0 Å². The van der Waals surface area contributed by atoms with Gasteiger partial charge in [0.25, 0.3) is 0 Å². The van der Waals surface area contributed by atoms with E-state index in [-0.39, 0.29) is 0 Å². The zero-order valence-corrected chi connectivity index (χ0v) is 11.5. The maximum Gasteiger partial charge on any atom is 0.383 e. The molecule has 0 aliphatic heterocycles. The molecule has 2 nitrogen and oxygen atoms in total. The van der Waals surface area contributed by atoms with Crippen LogP contribution in [0.3, 0.4) is 0 Å². The number of rotatable bonds is 3. The summed E-state index contributed by atoms with van der Waals surface area (Å²) in [5, 5.41) is 0. The Labute approximate surface area is 104 Å². The molecule has 0 aromatic carbocycles. The van der Waals surface area contributed by atoms with Crippen molar-refractivity contribution in [2.45, 2.75) is 40.9 Å². The van der Waals surface area contributed by atoms with E-state index in [4.69, 9.17) is 0 Å². The molecule has 0 aliphatic rings. The lowest BCUT2D eigenvalue weighted by atomic mass is 9.71. The average Bonchev–Trinajstić information content (AvgIpc) is 2.78. The highest BCUT2D eigenvalue weighted by atomic mass is 15.1. The lowest BCUT2D eigenvalue weighted by molar-refractivity contribution is 0.926. The zero-order chi connectivity index (χ0) is 12.6. The van der Waals surface area contributed by atoms with Gasteiger partial charge in [-0.3, -0.25) is 0 Å². The smallest absolute Gasteiger partial charge is 0.373 e. The Bertz CT molecular complexity index is 437. The second kappa shape index (κ2) is 4.48. The second-order valence-corrected chi connectivity index (χ2v) is 4.86. The van der Waals surface area contributed by atoms with E-state index in [0.717, 1.165) is 6.32 Å². The fourth-order valence-corrected chi connectivity index (χ4v) is 2.78. The van der Waals surface area contributed by atoms with Crippen LogP contribution in [-0.2, 0) is 0 Å². The van der Waals surface area contributed by atoms with Crippen LogP contribution in [0.25, 0.3) is 0 Å². The third-order valence-electron chi connectivity index (χ3n) is 3.61. The van der Waals surface area contributed by atoms with E-state index >= 15 is 0 Å². The van der Waals surface area contributed by atoms with Crippen LogP contribution in [0.5, 0.6) is 0 Å². The van der Waals surface area contributed by atoms with E-state index in [1.807, 2.05) is 0 Å². The van der Waals surface area contributed by atoms with Crippen LogP contribution in [-0.4, -0.2) is 15.9 Å². The van der Waals surface area contributed by atoms with Crippen molar-refractivity contribution >= 4 is 6.98 Å². The summed E-state index contributed by atoms with van der Waals surface area (Å²) in [5.41, 5.74) is 5.34. The van der Waals surface area contributed by atoms with Crippen molar-refractivity contribution in [1.29, 1.82) is 0 Å². The van der Waals surface area contributed by atoms with Gasteiger partial charge in [0.05, 0.1) is 0 Å². The molecule has 17 heavy (non-hydrogen) atoms. The Morgan fingerprint density at radius 2 is 1.06 bits per heavy atom. The highest BCUT2D eigenvalue weighted by Gasteiger charge is 2.22. The van der Waals surface area contributed by atoms with Crippen LogP contribution in [0, 0.1) is 27.7 Å². The largest absolute Gasteiger partial charge is 0.383 e. The van der Waals surface area contributed by atoms with Crippen molar-refractivity contribution < 1.29 is 0 Å². The minimum Gasteiger partial charge on any atom is -0.373 e. The average molecular weight is 228 g/mol. The van der Waals surface area contributed by atoms with Crippen molar-refractivity contribution in [3.63, 3.8) is 0 Å². The summed E-state index contributed by atoms with van der Waals surface area (Å²) >= 11 is 0. The molecule has 0 fully saturated rings. The van der Waals surface area contributed by atoms with Gasteiger partial charge in [0.2, 0.25) is 0 Å². The first-order valence-electron chi connectivity index (χ1n) is 6.35. The molecule has 3 heteroatoms. The molecule has 0 bridgehead atoms. The first-order valence-corrected chi connectivity index (χ1v) is 6.35. The molecular weight excluding hydrogens is 207 g/mol. The highest BCUT2D eigenvalue weighted by Crippen LogP contribution is 2.16. The molecule has 2 rings (SSSR count). The SMILES string of the molecule is CCB(n1c(C)ccc1C)n1c(C)ccc1C. The van der Waals surface area contributed by atoms with Gasteiger partial charge in [0.1, 0.15) is 0 Å². The molecule has 0 unspecified atom stereocenters. The molecule has 0 spiro atoms. The first kappa shape index (κ1) is 12.1. The fourth-order valence-electron chi connectivity index (χ4n) is 2.78. The molecule has 2 heterocycles. The molecule has 2 aromatic heterocycles. The summed E-state index contributed by atoms with van der Waals surface area (Å²) in [4.78, 5) is 0. The van der Waals surface area contributed by atoms with Gasteiger partial charge in [0.15, 0.2) is 0 Å². The van der Waals surface area contributed by atoms with Crippen molar-refractivity contribution in [3.05, 3.63) is 47.0 Å². The van der Waals surface area contributed by atoms with Gasteiger partial charge in [-0.15, -0.1) is 0 Å². The molecule has 90 valence electrons. The topological polar surface area (TPSA) is 9.86 Å². The summed E-state index contributed by atoms with van der Waals surface area (Å²) in [6, 6.07) is 8.80. The number of hydrogen-bond donors (Lipinski definition) is 0. The minimum atomic E-state index is 0.403. The maximum atomic E-state index is 2.43. The van der Waals surface area contributed by atoms with Crippen LogP contribution in [0.1, 0.15) is 29.7 Å². The number of hydrogen-bond acceptors (Lipinski definition) is 0. The van der Waals surface area contributed by atoms with Crippen LogP contribution in [0.15, 0.2) is 24.3 Å². The number of aryl methyl sites for hydroxylation is 4. The normalized spacial score (nSPS) is 10.9. The molecule has 0 aliphatic carbocycles. The zero-order valence-electron chi connectivity index (χ0n) is 11.5. The summed E-state index contributed by atoms with van der Waals surface area (Å²) in [7, 11) is 0. The fraction of sp³-hybridized carbons (Fsp3) is 0.429. The van der Waals surface area contributed by atoms with Crippen molar-refractivity contribution in [2.75, 3.05) is 0 Å². The Balaban J connectivity index is 2.55. The summed E-state index contributed by atoms with van der Waals surface area (Å²) in [5.74, 6) is 0. The van der Waals surface area contributed by atoms with E-state index in [0.29, 0.717) is 6.98 Å². The van der Waals surface area contributed by atoms with Gasteiger partial charge in [-0.05, 0) is 58.3 Å². The Morgan fingerprint density at radius 1 is 0.765 bits per heavy atom. The third kappa shape index (κ3) is 1.94. The van der Waals surface area contributed by atoms with Crippen molar-refractivity contribution in [3.8, 4) is 0 Å². The van der Waals surface area contributed by atoms with E-state index in [1.54, 1.807) is 0 Å². The van der Waals surface area contributed by atoms with Crippen molar-refractivity contribution in [2.24, 2.45) is 0 Å². The molecule has 0 radical (unpaired) electrons. The highest BCUT2D eigenvalue weighted by molar-refractivity contribution is 6.56. The summed E-state index contributed by atoms with van der Waals surface area (Å²) in [6.45, 7) is 11.4. The van der Waals surface area contributed by atoms with Gasteiger partial charge in [-0.25, -0.2) is 0 Å². The molecule has 0 N–H and O–H groups in total. The van der Waals surface area contributed by atoms with Gasteiger partial charge in [0, 0.05) is 22.8 Å². The predicted molar refractivity (Wildman–Crippen MR) is 74.8 cm³/mol. The Kier molecular flexibility index (Phi) is 3.18. The summed E-state index contributed by atoms with van der Waals surface area (Å²) < 4.78 is 4.86. The monoisotopic (exact) mass is 228 g/mol. The van der Waals surface area contributed by atoms with Gasteiger partial charge < -0.3 is 8.96 Å². The standard InChI is InChI=1S/C14H21BN2/c1-6-15(16-11(2)7-8-12(16)3)17-13(4)9-10-14(17)5/h7-10H,6H2,1-5H3. The number of nitrogens with zero attached hydrogens (tertiary/aromatic N) is 2. The lowest BCUT2D eigenvalue weighted by Gasteiger charge is -2.22. The Morgan fingerprint density at radius 3 is 1.29 bits per heavy atom. The predicted octanol–water partition coefficient (Wildman–Crippen LogP) is 3.43. The van der Waals surface area contributed by atoms with Gasteiger partial charge >= 0.3 is 6.98 Å². The third-order valence-corrected chi connectivity index (χ3v) is 3.61. The molecule has 0 saturated heterocycles. The van der Waals surface area contributed by atoms with Gasteiger partial charge in [-0.1, -0.05) is 6.92 Å². The molecule has 0 atom stereocenters. The molecule has 0 amide bonds. The quantitative estimate of drug-likeness (QED) is 0.712. The van der Waals surface area contributed by atoms with E-state index in [1.165, 1.54) is 22.8 Å².